The molecular formula is C14H22N4O4. The summed E-state index contributed by atoms with van der Waals surface area (Å²) in [7, 11) is 3.65. The van der Waals surface area contributed by atoms with E-state index in [9.17, 15) is 14.9 Å². The van der Waals surface area contributed by atoms with Crippen molar-refractivity contribution < 1.29 is 14.5 Å². The van der Waals surface area contributed by atoms with Crippen molar-refractivity contribution in [1.82, 2.24) is 10.2 Å². The zero-order valence-electron chi connectivity index (χ0n) is 12.9. The summed E-state index contributed by atoms with van der Waals surface area (Å²) in [5, 5.41) is 15.9. The quantitative estimate of drug-likeness (QED) is 0.411. The number of methoxy groups -OCH3 is 1. The van der Waals surface area contributed by atoms with Crippen LogP contribution in [0.1, 0.15) is 6.42 Å². The second-order valence-electron chi connectivity index (χ2n) is 4.83. The maximum absolute atomic E-state index is 11.7. The Morgan fingerprint density at radius 2 is 2.00 bits per heavy atom. The molecule has 0 aromatic heterocycles. The SMILES string of the molecule is COCCCN(C)CCNC(=O)Nc1ccc([N+](=O)[O-])cc1. The first-order chi connectivity index (χ1) is 10.5. The highest BCUT2D eigenvalue weighted by Gasteiger charge is 2.06. The van der Waals surface area contributed by atoms with Gasteiger partial charge >= 0.3 is 6.03 Å². The van der Waals surface area contributed by atoms with E-state index in [0.29, 0.717) is 12.2 Å². The molecule has 1 aromatic carbocycles. The number of ether oxygens (including phenoxy) is 1. The van der Waals surface area contributed by atoms with E-state index in [1.165, 1.54) is 24.3 Å². The maximum Gasteiger partial charge on any atom is 0.319 e. The lowest BCUT2D eigenvalue weighted by molar-refractivity contribution is -0.384. The van der Waals surface area contributed by atoms with E-state index in [1.807, 2.05) is 7.05 Å². The summed E-state index contributed by atoms with van der Waals surface area (Å²) in [6.45, 7) is 2.87. The van der Waals surface area contributed by atoms with Gasteiger partial charge in [0.05, 0.1) is 4.92 Å². The number of amides is 2. The molecule has 0 aliphatic rings. The van der Waals surface area contributed by atoms with Gasteiger partial charge in [-0.25, -0.2) is 4.79 Å². The average Bonchev–Trinajstić information content (AvgIpc) is 2.48. The zero-order chi connectivity index (χ0) is 16.4. The first-order valence-corrected chi connectivity index (χ1v) is 6.99. The highest BCUT2D eigenvalue weighted by molar-refractivity contribution is 5.89. The van der Waals surface area contributed by atoms with Crippen LogP contribution in [0.25, 0.3) is 0 Å². The molecule has 0 unspecified atom stereocenters. The minimum Gasteiger partial charge on any atom is -0.385 e. The number of likely N-dealkylation sites (N-methyl/N-ethyl adjacent to an activating group) is 1. The topological polar surface area (TPSA) is 96.7 Å². The summed E-state index contributed by atoms with van der Waals surface area (Å²) in [4.78, 5) is 23.8. The fourth-order valence-electron chi connectivity index (χ4n) is 1.79. The van der Waals surface area contributed by atoms with Crippen LogP contribution >= 0.6 is 0 Å². The van der Waals surface area contributed by atoms with Gasteiger partial charge in [0.25, 0.3) is 5.69 Å². The number of nitro groups is 1. The van der Waals surface area contributed by atoms with Crippen LogP contribution in [0.15, 0.2) is 24.3 Å². The number of non-ortho nitro benzene ring substituents is 1. The summed E-state index contributed by atoms with van der Waals surface area (Å²) < 4.78 is 4.98. The summed E-state index contributed by atoms with van der Waals surface area (Å²) in [5.74, 6) is 0. The van der Waals surface area contributed by atoms with Gasteiger partial charge in [0.1, 0.15) is 0 Å². The number of anilines is 1. The van der Waals surface area contributed by atoms with Crippen LogP contribution in [0.2, 0.25) is 0 Å². The molecule has 8 heteroatoms. The number of carbonyl (C=O) groups is 1. The number of benzene rings is 1. The Bertz CT molecular complexity index is 478. The lowest BCUT2D eigenvalue weighted by atomic mass is 10.3. The van der Waals surface area contributed by atoms with Crippen LogP contribution in [0.3, 0.4) is 0 Å². The standard InChI is InChI=1S/C14H22N4O4/c1-17(9-3-11-22-2)10-8-15-14(19)16-12-4-6-13(7-5-12)18(20)21/h4-7H,3,8-11H2,1-2H3,(H2,15,16,19). The summed E-state index contributed by atoms with van der Waals surface area (Å²) in [6.07, 6.45) is 0.946. The number of nitrogens with one attached hydrogen (secondary N) is 2. The second kappa shape index (κ2) is 9.69. The molecule has 0 bridgehead atoms. The molecule has 0 aliphatic carbocycles. The van der Waals surface area contributed by atoms with Crippen LogP contribution in [0, 0.1) is 10.1 Å². The molecule has 0 fully saturated rings. The Balaban J connectivity index is 2.24. The van der Waals surface area contributed by atoms with Gasteiger partial charge < -0.3 is 20.3 Å². The molecule has 0 heterocycles. The van der Waals surface area contributed by atoms with E-state index in [-0.39, 0.29) is 11.7 Å². The fraction of sp³-hybridized carbons (Fsp3) is 0.500. The number of nitrogens with zero attached hydrogens (tertiary/aromatic N) is 2. The molecule has 2 N–H and O–H groups in total. The third-order valence-electron chi connectivity index (χ3n) is 3.00. The van der Waals surface area contributed by atoms with E-state index in [2.05, 4.69) is 15.5 Å². The monoisotopic (exact) mass is 310 g/mol. The molecule has 22 heavy (non-hydrogen) atoms. The first kappa shape index (κ1) is 17.9. The van der Waals surface area contributed by atoms with Gasteiger partial charge in [0.15, 0.2) is 0 Å². The molecule has 8 nitrogen and oxygen atoms in total. The average molecular weight is 310 g/mol. The summed E-state index contributed by atoms with van der Waals surface area (Å²) >= 11 is 0. The molecule has 0 radical (unpaired) electrons. The van der Waals surface area contributed by atoms with E-state index in [4.69, 9.17) is 4.74 Å². The Kier molecular flexibility index (Phi) is 7.87. The van der Waals surface area contributed by atoms with Crippen LogP contribution < -0.4 is 10.6 Å². The minimum atomic E-state index is -0.483. The predicted octanol–water partition coefficient (Wildman–Crippen LogP) is 1.68. The Morgan fingerprint density at radius 1 is 1.32 bits per heavy atom. The van der Waals surface area contributed by atoms with Crippen molar-refractivity contribution in [1.29, 1.82) is 0 Å². The molecule has 1 aromatic rings. The molecular weight excluding hydrogens is 288 g/mol. The fourth-order valence-corrected chi connectivity index (χ4v) is 1.79. The van der Waals surface area contributed by atoms with Crippen LogP contribution in [-0.2, 0) is 4.74 Å². The molecule has 0 saturated carbocycles. The van der Waals surface area contributed by atoms with E-state index in [0.717, 1.165) is 26.1 Å². The second-order valence-corrected chi connectivity index (χ2v) is 4.83. The number of rotatable bonds is 9. The number of hydrogen-bond donors (Lipinski definition) is 2. The lowest BCUT2D eigenvalue weighted by Gasteiger charge is -2.16. The molecule has 2 amide bonds. The normalized spacial score (nSPS) is 10.5. The van der Waals surface area contributed by atoms with Crippen LogP contribution in [0.5, 0.6) is 0 Å². The van der Waals surface area contributed by atoms with Crippen molar-refractivity contribution in [3.05, 3.63) is 34.4 Å². The van der Waals surface area contributed by atoms with Gasteiger partial charge in [-0.3, -0.25) is 10.1 Å². The largest absolute Gasteiger partial charge is 0.385 e. The van der Waals surface area contributed by atoms with Crippen molar-refractivity contribution >= 4 is 17.4 Å². The Labute approximate surface area is 129 Å². The summed E-state index contributed by atoms with van der Waals surface area (Å²) in [6, 6.07) is 5.35. The van der Waals surface area contributed by atoms with Crippen molar-refractivity contribution in [3.63, 3.8) is 0 Å². The van der Waals surface area contributed by atoms with Crippen LogP contribution in [-0.4, -0.2) is 56.3 Å². The predicted molar refractivity (Wildman–Crippen MR) is 84.1 cm³/mol. The van der Waals surface area contributed by atoms with Gasteiger partial charge in [-0.15, -0.1) is 0 Å². The molecule has 1 rings (SSSR count). The third-order valence-corrected chi connectivity index (χ3v) is 3.00. The number of hydrogen-bond acceptors (Lipinski definition) is 5. The van der Waals surface area contributed by atoms with Crippen molar-refractivity contribution in [3.8, 4) is 0 Å². The minimum absolute atomic E-state index is 0.0105. The molecule has 0 spiro atoms. The maximum atomic E-state index is 11.7. The zero-order valence-corrected chi connectivity index (χ0v) is 12.9. The van der Waals surface area contributed by atoms with Gasteiger partial charge in [0, 0.05) is 51.2 Å². The first-order valence-electron chi connectivity index (χ1n) is 6.99. The van der Waals surface area contributed by atoms with E-state index in [1.54, 1.807) is 7.11 Å². The highest BCUT2D eigenvalue weighted by atomic mass is 16.6. The summed E-state index contributed by atoms with van der Waals surface area (Å²) in [5.41, 5.74) is 0.500. The van der Waals surface area contributed by atoms with Gasteiger partial charge in [0.2, 0.25) is 0 Å². The van der Waals surface area contributed by atoms with Crippen molar-refractivity contribution in [2.45, 2.75) is 6.42 Å². The van der Waals surface area contributed by atoms with Crippen molar-refractivity contribution in [2.75, 3.05) is 45.7 Å². The number of nitro benzene ring substituents is 1. The van der Waals surface area contributed by atoms with Crippen molar-refractivity contribution in [2.24, 2.45) is 0 Å². The van der Waals surface area contributed by atoms with Gasteiger partial charge in [-0.05, 0) is 25.6 Å². The third kappa shape index (κ3) is 7.00. The van der Waals surface area contributed by atoms with Crippen LogP contribution in [0.4, 0.5) is 16.2 Å². The highest BCUT2D eigenvalue weighted by Crippen LogP contribution is 2.14. The Hall–Kier alpha value is -2.19. The lowest BCUT2D eigenvalue weighted by Crippen LogP contribution is -2.36. The van der Waals surface area contributed by atoms with E-state index >= 15 is 0 Å². The molecule has 0 aliphatic heterocycles. The smallest absolute Gasteiger partial charge is 0.319 e. The number of urea groups is 1. The van der Waals surface area contributed by atoms with E-state index < -0.39 is 4.92 Å². The van der Waals surface area contributed by atoms with Gasteiger partial charge in [-0.1, -0.05) is 0 Å². The molecule has 0 atom stereocenters. The molecule has 0 saturated heterocycles. The number of carbonyl (C=O) groups excluding carboxylic acids is 1. The van der Waals surface area contributed by atoms with Gasteiger partial charge in [-0.2, -0.15) is 0 Å². The molecule has 122 valence electrons. The Morgan fingerprint density at radius 3 is 2.59 bits per heavy atom.